The third-order valence-electron chi connectivity index (χ3n) is 11.8. The van der Waals surface area contributed by atoms with Crippen molar-refractivity contribution in [1.82, 2.24) is 29.1 Å². The number of benzene rings is 8. The summed E-state index contributed by atoms with van der Waals surface area (Å²) in [5.41, 5.74) is 12.5. The second kappa shape index (κ2) is 14.7. The van der Waals surface area contributed by atoms with Gasteiger partial charge in [0.05, 0.1) is 27.8 Å². The number of nitrogens with zero attached hydrogens (tertiary/aromatic N) is 6. The number of pyridine rings is 1. The molecule has 0 saturated carbocycles. The van der Waals surface area contributed by atoms with E-state index in [0.717, 1.165) is 72.6 Å². The molecular weight excluding hydrogens is 757 g/mol. The molecule has 4 aromatic heterocycles. The van der Waals surface area contributed by atoms with Gasteiger partial charge in [-0.05, 0) is 59.7 Å². The first-order chi connectivity index (χ1) is 30.7. The SMILES string of the molecule is c1ccc(-c2cc(-c3ccccc3)nc(-n3c4ccccc4c4c5c6ccccc6n(-c6cccc(-c7nc(-c8ccccc8)nc(-c8ccccc8)n7)c6)c5ccc43)c2)cc1. The first-order valence-corrected chi connectivity index (χ1v) is 20.8. The highest BCUT2D eigenvalue weighted by Crippen LogP contribution is 2.43. The van der Waals surface area contributed by atoms with Gasteiger partial charge in [0.15, 0.2) is 17.5 Å². The molecule has 0 amide bonds. The smallest absolute Gasteiger partial charge is 0.164 e. The monoisotopic (exact) mass is 792 g/mol. The van der Waals surface area contributed by atoms with E-state index in [2.05, 4.69) is 161 Å². The highest BCUT2D eigenvalue weighted by atomic mass is 15.1. The van der Waals surface area contributed by atoms with Crippen LogP contribution in [0, 0.1) is 0 Å². The molecule has 0 aliphatic carbocycles. The quantitative estimate of drug-likeness (QED) is 0.161. The summed E-state index contributed by atoms with van der Waals surface area (Å²) in [5, 5.41) is 4.73. The minimum atomic E-state index is 0.617. The number of hydrogen-bond acceptors (Lipinski definition) is 4. The Morgan fingerprint density at radius 1 is 0.274 bits per heavy atom. The molecule has 0 unspecified atom stereocenters. The highest BCUT2D eigenvalue weighted by molar-refractivity contribution is 6.28. The number of aromatic nitrogens is 6. The predicted octanol–water partition coefficient (Wildman–Crippen LogP) is 13.8. The largest absolute Gasteiger partial charge is 0.309 e. The average molecular weight is 793 g/mol. The van der Waals surface area contributed by atoms with E-state index in [1.807, 2.05) is 66.7 Å². The van der Waals surface area contributed by atoms with E-state index in [-0.39, 0.29) is 0 Å². The van der Waals surface area contributed by atoms with Crippen molar-refractivity contribution in [2.45, 2.75) is 0 Å². The molecule has 8 aromatic carbocycles. The zero-order valence-electron chi connectivity index (χ0n) is 33.5. The van der Waals surface area contributed by atoms with E-state index in [9.17, 15) is 0 Å². The summed E-state index contributed by atoms with van der Waals surface area (Å²) >= 11 is 0. The van der Waals surface area contributed by atoms with Gasteiger partial charge in [-0.25, -0.2) is 19.9 Å². The molecule has 0 atom stereocenters. The Kier molecular flexibility index (Phi) is 8.38. The van der Waals surface area contributed by atoms with Gasteiger partial charge in [0, 0.05) is 49.5 Å². The van der Waals surface area contributed by atoms with Crippen molar-refractivity contribution in [2.75, 3.05) is 0 Å². The summed E-state index contributed by atoms with van der Waals surface area (Å²) in [4.78, 5) is 20.5. The van der Waals surface area contributed by atoms with Gasteiger partial charge < -0.3 is 4.57 Å². The van der Waals surface area contributed by atoms with Crippen LogP contribution >= 0.6 is 0 Å². The molecule has 0 aliphatic rings. The van der Waals surface area contributed by atoms with E-state index in [1.165, 1.54) is 21.5 Å². The molecule has 12 aromatic rings. The Morgan fingerprint density at radius 2 is 0.726 bits per heavy atom. The van der Waals surface area contributed by atoms with E-state index < -0.39 is 0 Å². The summed E-state index contributed by atoms with van der Waals surface area (Å²) < 4.78 is 4.71. The van der Waals surface area contributed by atoms with Crippen LogP contribution in [-0.2, 0) is 0 Å². The van der Waals surface area contributed by atoms with Gasteiger partial charge in [-0.3, -0.25) is 4.57 Å². The Bertz CT molecular complexity index is 3500. The van der Waals surface area contributed by atoms with Crippen molar-refractivity contribution in [2.24, 2.45) is 0 Å². The van der Waals surface area contributed by atoms with Gasteiger partial charge >= 0.3 is 0 Å². The maximum Gasteiger partial charge on any atom is 0.164 e. The van der Waals surface area contributed by atoms with Gasteiger partial charge in [0.1, 0.15) is 5.82 Å². The zero-order valence-corrected chi connectivity index (χ0v) is 33.5. The van der Waals surface area contributed by atoms with Crippen molar-refractivity contribution >= 4 is 43.6 Å². The molecule has 6 heteroatoms. The van der Waals surface area contributed by atoms with Gasteiger partial charge in [0.25, 0.3) is 0 Å². The lowest BCUT2D eigenvalue weighted by atomic mass is 10.0. The number of para-hydroxylation sites is 2. The molecule has 0 aliphatic heterocycles. The van der Waals surface area contributed by atoms with Crippen molar-refractivity contribution in [3.05, 3.63) is 218 Å². The Morgan fingerprint density at radius 3 is 1.31 bits per heavy atom. The molecule has 12 rings (SSSR count). The van der Waals surface area contributed by atoms with Crippen molar-refractivity contribution in [3.63, 3.8) is 0 Å². The minimum Gasteiger partial charge on any atom is -0.309 e. The van der Waals surface area contributed by atoms with Crippen LogP contribution in [0.25, 0.3) is 112 Å². The van der Waals surface area contributed by atoms with Crippen molar-refractivity contribution in [3.8, 4) is 68.1 Å². The third kappa shape index (κ3) is 5.96. The molecule has 0 bridgehead atoms. The van der Waals surface area contributed by atoms with Crippen LogP contribution in [0.3, 0.4) is 0 Å². The van der Waals surface area contributed by atoms with Crippen LogP contribution in [0.2, 0.25) is 0 Å². The van der Waals surface area contributed by atoms with Crippen LogP contribution < -0.4 is 0 Å². The first-order valence-electron chi connectivity index (χ1n) is 20.8. The zero-order chi connectivity index (χ0) is 41.0. The van der Waals surface area contributed by atoms with E-state index in [4.69, 9.17) is 19.9 Å². The summed E-state index contributed by atoms with van der Waals surface area (Å²) in [7, 11) is 0. The molecular formula is C56H36N6. The molecule has 0 radical (unpaired) electrons. The Labute approximate surface area is 357 Å². The van der Waals surface area contributed by atoms with Crippen LogP contribution in [-0.4, -0.2) is 29.1 Å². The molecule has 6 nitrogen and oxygen atoms in total. The molecule has 0 N–H and O–H groups in total. The summed E-state index contributed by atoms with van der Waals surface area (Å²) in [5.74, 6) is 2.76. The molecule has 290 valence electrons. The second-order valence-corrected chi connectivity index (χ2v) is 15.5. The molecule has 0 saturated heterocycles. The average Bonchev–Trinajstić information content (AvgIpc) is 3.88. The fourth-order valence-electron chi connectivity index (χ4n) is 8.95. The number of rotatable bonds is 7. The van der Waals surface area contributed by atoms with Crippen LogP contribution in [0.5, 0.6) is 0 Å². The first kappa shape index (κ1) is 35.5. The van der Waals surface area contributed by atoms with Gasteiger partial charge in [0.2, 0.25) is 0 Å². The fraction of sp³-hybridized carbons (Fsp3) is 0. The minimum absolute atomic E-state index is 0.617. The lowest BCUT2D eigenvalue weighted by Crippen LogP contribution is -2.01. The predicted molar refractivity (Wildman–Crippen MR) is 253 cm³/mol. The lowest BCUT2D eigenvalue weighted by molar-refractivity contribution is 1.07. The number of hydrogen-bond donors (Lipinski definition) is 0. The molecule has 0 spiro atoms. The standard InChI is InChI=1S/C56H36N6/c1-5-18-37(19-6-1)42-35-46(38-20-7-2-8-21-38)57-51(36-42)62-48-31-16-14-29-45(48)53-50(62)33-32-49-52(53)44-28-13-15-30-47(44)61(49)43-27-17-26-41(34-43)56-59-54(39-22-9-3-10-23-39)58-55(60-56)40-24-11-4-12-25-40/h1-36H. The maximum atomic E-state index is 5.40. The summed E-state index contributed by atoms with van der Waals surface area (Å²) in [6.07, 6.45) is 0. The van der Waals surface area contributed by atoms with Crippen LogP contribution in [0.15, 0.2) is 218 Å². The third-order valence-corrected chi connectivity index (χ3v) is 11.8. The van der Waals surface area contributed by atoms with E-state index in [1.54, 1.807) is 0 Å². The summed E-state index contributed by atoms with van der Waals surface area (Å²) in [6, 6.07) is 76.2. The maximum absolute atomic E-state index is 5.40. The highest BCUT2D eigenvalue weighted by Gasteiger charge is 2.22. The fourth-order valence-corrected chi connectivity index (χ4v) is 8.95. The number of fused-ring (bicyclic) bond motifs is 7. The van der Waals surface area contributed by atoms with E-state index in [0.29, 0.717) is 17.5 Å². The van der Waals surface area contributed by atoms with Crippen LogP contribution in [0.4, 0.5) is 0 Å². The second-order valence-electron chi connectivity index (χ2n) is 15.5. The molecule has 62 heavy (non-hydrogen) atoms. The van der Waals surface area contributed by atoms with Gasteiger partial charge in [-0.15, -0.1) is 0 Å². The van der Waals surface area contributed by atoms with Gasteiger partial charge in [-0.1, -0.05) is 170 Å². The van der Waals surface area contributed by atoms with Gasteiger partial charge in [-0.2, -0.15) is 0 Å². The Balaban J connectivity index is 1.08. The Hall–Kier alpha value is -8.48. The topological polar surface area (TPSA) is 61.4 Å². The van der Waals surface area contributed by atoms with Crippen molar-refractivity contribution < 1.29 is 0 Å². The lowest BCUT2D eigenvalue weighted by Gasteiger charge is -2.13. The molecule has 0 fully saturated rings. The normalized spacial score (nSPS) is 11.5. The van der Waals surface area contributed by atoms with Crippen molar-refractivity contribution in [1.29, 1.82) is 0 Å². The van der Waals surface area contributed by atoms with E-state index >= 15 is 0 Å². The van der Waals surface area contributed by atoms with Crippen LogP contribution in [0.1, 0.15) is 0 Å². The summed E-state index contributed by atoms with van der Waals surface area (Å²) in [6.45, 7) is 0. The molecule has 4 heterocycles.